The van der Waals surface area contributed by atoms with E-state index in [9.17, 15) is 9.59 Å². The molecule has 6 nitrogen and oxygen atoms in total. The Morgan fingerprint density at radius 2 is 2.22 bits per heavy atom. The molecule has 1 rings (SSSR count). The number of rotatable bonds is 6. The van der Waals surface area contributed by atoms with Crippen LogP contribution in [-0.4, -0.2) is 35.1 Å². The Bertz CT molecular complexity index is 451. The molecule has 1 heterocycles. The Morgan fingerprint density at radius 1 is 1.50 bits per heavy atom. The fourth-order valence-corrected chi connectivity index (χ4v) is 1.65. The molecule has 1 aromatic rings. The number of carbonyl (C=O) groups excluding carboxylic acids is 1. The van der Waals surface area contributed by atoms with Crippen molar-refractivity contribution in [2.24, 2.45) is 0 Å². The van der Waals surface area contributed by atoms with Crippen LogP contribution in [0, 0.1) is 0 Å². The number of anilines is 1. The molecule has 0 atom stereocenters. The summed E-state index contributed by atoms with van der Waals surface area (Å²) in [7, 11) is 0. The number of carboxylic acid groups (broad SMARTS) is 1. The average Bonchev–Trinajstić information content (AvgIpc) is 2.31. The zero-order chi connectivity index (χ0) is 13.5. The quantitative estimate of drug-likeness (QED) is 0.739. The van der Waals surface area contributed by atoms with E-state index in [2.05, 4.69) is 31.5 Å². The monoisotopic (exact) mass is 315 g/mol. The number of aromatic carboxylic acids is 1. The summed E-state index contributed by atoms with van der Waals surface area (Å²) in [6, 6.07) is 1.46. The fraction of sp³-hybridized carbons (Fsp3) is 0.364. The molecule has 0 aliphatic carbocycles. The molecule has 98 valence electrons. The summed E-state index contributed by atoms with van der Waals surface area (Å²) >= 11 is 3.16. The van der Waals surface area contributed by atoms with Crippen LogP contribution >= 0.6 is 15.9 Å². The van der Waals surface area contributed by atoms with Crippen molar-refractivity contribution in [2.75, 3.05) is 18.4 Å². The third-order valence-corrected chi connectivity index (χ3v) is 2.54. The van der Waals surface area contributed by atoms with Gasteiger partial charge in [0.2, 0.25) is 5.91 Å². The molecule has 1 aromatic heterocycles. The van der Waals surface area contributed by atoms with Gasteiger partial charge >= 0.3 is 5.97 Å². The molecule has 0 unspecified atom stereocenters. The van der Waals surface area contributed by atoms with Gasteiger partial charge in [0.25, 0.3) is 0 Å². The van der Waals surface area contributed by atoms with E-state index in [4.69, 9.17) is 5.11 Å². The summed E-state index contributed by atoms with van der Waals surface area (Å²) in [5, 5.41) is 14.5. The number of nitrogens with zero attached hydrogens (tertiary/aromatic N) is 1. The van der Waals surface area contributed by atoms with Crippen LogP contribution in [0.4, 0.5) is 5.82 Å². The van der Waals surface area contributed by atoms with E-state index in [0.717, 1.165) is 0 Å². The first kappa shape index (κ1) is 14.4. The number of carboxylic acids is 1. The van der Waals surface area contributed by atoms with Gasteiger partial charge in [0.15, 0.2) is 0 Å². The van der Waals surface area contributed by atoms with Crippen LogP contribution in [-0.2, 0) is 4.79 Å². The van der Waals surface area contributed by atoms with E-state index in [1.807, 2.05) is 6.92 Å². The van der Waals surface area contributed by atoms with Crippen LogP contribution in [0.2, 0.25) is 0 Å². The van der Waals surface area contributed by atoms with Gasteiger partial charge in [0.1, 0.15) is 11.4 Å². The molecule has 0 aliphatic rings. The van der Waals surface area contributed by atoms with Gasteiger partial charge in [0.05, 0.1) is 0 Å². The van der Waals surface area contributed by atoms with Crippen molar-refractivity contribution in [1.82, 2.24) is 10.3 Å². The van der Waals surface area contributed by atoms with Crippen LogP contribution < -0.4 is 10.6 Å². The Kier molecular flexibility index (Phi) is 5.57. The van der Waals surface area contributed by atoms with Crippen molar-refractivity contribution in [1.29, 1.82) is 0 Å². The topological polar surface area (TPSA) is 91.3 Å². The smallest absolute Gasteiger partial charge is 0.339 e. The van der Waals surface area contributed by atoms with E-state index >= 15 is 0 Å². The zero-order valence-electron chi connectivity index (χ0n) is 9.86. The third kappa shape index (κ3) is 4.33. The maximum absolute atomic E-state index is 11.2. The minimum absolute atomic E-state index is 0.0697. The SMILES string of the molecule is CCNC(=O)CCNc1ncc(Br)cc1C(=O)O. The average molecular weight is 316 g/mol. The van der Waals surface area contributed by atoms with Gasteiger partial charge in [-0.2, -0.15) is 0 Å². The van der Waals surface area contributed by atoms with E-state index in [0.29, 0.717) is 17.6 Å². The number of hydrogen-bond donors (Lipinski definition) is 3. The molecule has 0 saturated heterocycles. The molecule has 0 saturated carbocycles. The fourth-order valence-electron chi connectivity index (χ4n) is 1.32. The molecule has 0 fully saturated rings. The Labute approximate surface area is 113 Å². The van der Waals surface area contributed by atoms with E-state index in [-0.39, 0.29) is 23.7 Å². The third-order valence-electron chi connectivity index (χ3n) is 2.10. The summed E-state index contributed by atoms with van der Waals surface area (Å²) in [6.45, 7) is 2.75. The molecule has 0 aliphatic heterocycles. The maximum Gasteiger partial charge on any atom is 0.339 e. The number of carbonyl (C=O) groups is 2. The van der Waals surface area contributed by atoms with Gasteiger partial charge < -0.3 is 15.7 Å². The summed E-state index contributed by atoms with van der Waals surface area (Å²) in [4.78, 5) is 26.2. The second-order valence-corrected chi connectivity index (χ2v) is 4.40. The van der Waals surface area contributed by atoms with Crippen molar-refractivity contribution in [2.45, 2.75) is 13.3 Å². The highest BCUT2D eigenvalue weighted by Crippen LogP contribution is 2.17. The van der Waals surface area contributed by atoms with Crippen LogP contribution in [0.15, 0.2) is 16.7 Å². The molecule has 18 heavy (non-hydrogen) atoms. The molecule has 0 radical (unpaired) electrons. The number of hydrogen-bond acceptors (Lipinski definition) is 4. The van der Waals surface area contributed by atoms with Gasteiger partial charge in [-0.1, -0.05) is 0 Å². The van der Waals surface area contributed by atoms with Crippen LogP contribution in [0.25, 0.3) is 0 Å². The molecular weight excluding hydrogens is 302 g/mol. The highest BCUT2D eigenvalue weighted by molar-refractivity contribution is 9.10. The van der Waals surface area contributed by atoms with Crippen molar-refractivity contribution in [3.05, 3.63) is 22.3 Å². The Morgan fingerprint density at radius 3 is 2.83 bits per heavy atom. The van der Waals surface area contributed by atoms with E-state index < -0.39 is 5.97 Å². The van der Waals surface area contributed by atoms with Crippen LogP contribution in [0.5, 0.6) is 0 Å². The molecule has 0 aromatic carbocycles. The second-order valence-electron chi connectivity index (χ2n) is 3.49. The first-order valence-corrected chi connectivity index (χ1v) is 6.23. The number of nitrogens with one attached hydrogen (secondary N) is 2. The zero-order valence-corrected chi connectivity index (χ0v) is 11.5. The molecule has 7 heteroatoms. The second kappa shape index (κ2) is 6.95. The Hall–Kier alpha value is -1.63. The predicted molar refractivity (Wildman–Crippen MR) is 70.7 cm³/mol. The normalized spacial score (nSPS) is 9.89. The predicted octanol–water partition coefficient (Wildman–Crippen LogP) is 1.48. The standard InChI is InChI=1S/C11H14BrN3O3/c1-2-13-9(16)3-4-14-10-8(11(17)18)5-7(12)6-15-10/h5-6H,2-4H2,1H3,(H,13,16)(H,14,15)(H,17,18). The highest BCUT2D eigenvalue weighted by Gasteiger charge is 2.12. The first-order chi connectivity index (χ1) is 8.54. The first-order valence-electron chi connectivity index (χ1n) is 5.44. The summed E-state index contributed by atoms with van der Waals surface area (Å²) < 4.78 is 0.592. The lowest BCUT2D eigenvalue weighted by Gasteiger charge is -2.08. The van der Waals surface area contributed by atoms with Gasteiger partial charge in [-0.15, -0.1) is 0 Å². The van der Waals surface area contributed by atoms with E-state index in [1.165, 1.54) is 12.3 Å². The van der Waals surface area contributed by atoms with Crippen LogP contribution in [0.1, 0.15) is 23.7 Å². The van der Waals surface area contributed by atoms with Gasteiger partial charge in [-0.05, 0) is 28.9 Å². The van der Waals surface area contributed by atoms with Gasteiger partial charge in [0, 0.05) is 30.2 Å². The van der Waals surface area contributed by atoms with Gasteiger partial charge in [-0.25, -0.2) is 9.78 Å². The number of halogens is 1. The van der Waals surface area contributed by atoms with Crippen LogP contribution in [0.3, 0.4) is 0 Å². The lowest BCUT2D eigenvalue weighted by atomic mass is 10.2. The molecular formula is C11H14BrN3O3. The number of aromatic nitrogens is 1. The molecule has 0 bridgehead atoms. The molecule has 0 spiro atoms. The largest absolute Gasteiger partial charge is 0.478 e. The molecule has 1 amide bonds. The number of amides is 1. The number of pyridine rings is 1. The lowest BCUT2D eigenvalue weighted by molar-refractivity contribution is -0.120. The summed E-state index contributed by atoms with van der Waals surface area (Å²) in [6.07, 6.45) is 1.77. The highest BCUT2D eigenvalue weighted by atomic mass is 79.9. The van der Waals surface area contributed by atoms with Gasteiger partial charge in [-0.3, -0.25) is 4.79 Å². The van der Waals surface area contributed by atoms with Crippen molar-refractivity contribution >= 4 is 33.6 Å². The van der Waals surface area contributed by atoms with Crippen molar-refractivity contribution in [3.8, 4) is 0 Å². The Balaban J connectivity index is 2.62. The maximum atomic E-state index is 11.2. The lowest BCUT2D eigenvalue weighted by Crippen LogP contribution is -2.25. The minimum atomic E-state index is -1.07. The van der Waals surface area contributed by atoms with Crippen molar-refractivity contribution < 1.29 is 14.7 Å². The summed E-state index contributed by atoms with van der Waals surface area (Å²) in [5.41, 5.74) is 0.0697. The summed E-state index contributed by atoms with van der Waals surface area (Å²) in [5.74, 6) is -0.890. The molecule has 3 N–H and O–H groups in total. The van der Waals surface area contributed by atoms with E-state index in [1.54, 1.807) is 0 Å². The van der Waals surface area contributed by atoms with Crippen molar-refractivity contribution in [3.63, 3.8) is 0 Å². The minimum Gasteiger partial charge on any atom is -0.478 e.